The third kappa shape index (κ3) is 7.77. The van der Waals surface area contributed by atoms with Crippen molar-refractivity contribution in [1.29, 1.82) is 0 Å². The maximum absolute atomic E-state index is 12.3. The molecule has 1 aliphatic heterocycles. The van der Waals surface area contributed by atoms with Gasteiger partial charge < -0.3 is 19.1 Å². The molecular weight excluding hydrogens is 388 g/mol. The molecule has 2 amide bonds. The van der Waals surface area contributed by atoms with Gasteiger partial charge in [0, 0.05) is 13.1 Å². The Bertz CT molecular complexity index is 770. The Kier molecular flexibility index (Phi) is 8.26. The number of carbonyl (C=O) groups excluding carboxylic acids is 3. The maximum Gasteiger partial charge on any atom is 0.412 e. The highest BCUT2D eigenvalue weighted by Crippen LogP contribution is 2.21. The summed E-state index contributed by atoms with van der Waals surface area (Å²) < 4.78 is 15.4. The number of rotatable bonds is 5. The highest BCUT2D eigenvalue weighted by Gasteiger charge is 2.28. The van der Waals surface area contributed by atoms with Crippen molar-refractivity contribution in [2.75, 3.05) is 20.2 Å². The van der Waals surface area contributed by atoms with Gasteiger partial charge in [0.05, 0.1) is 7.11 Å². The molecule has 8 nitrogen and oxygen atoms in total. The van der Waals surface area contributed by atoms with Crippen LogP contribution in [-0.4, -0.2) is 48.9 Å². The van der Waals surface area contributed by atoms with E-state index in [-0.39, 0.29) is 18.2 Å². The summed E-state index contributed by atoms with van der Waals surface area (Å²) in [6.07, 6.45) is 1.99. The number of esters is 1. The topological polar surface area (TPSA) is 94.2 Å². The Hall–Kier alpha value is -3.03. The normalized spacial score (nSPS) is 17.1. The molecule has 0 spiro atoms. The lowest BCUT2D eigenvalue weighted by atomic mass is 9.97. The molecule has 8 heteroatoms. The summed E-state index contributed by atoms with van der Waals surface area (Å²) in [6, 6.07) is 9.22. The fourth-order valence-corrected chi connectivity index (χ4v) is 3.01. The van der Waals surface area contributed by atoms with Gasteiger partial charge in [-0.3, -0.25) is 5.32 Å². The van der Waals surface area contributed by atoms with Crippen molar-refractivity contribution >= 4 is 18.2 Å². The molecule has 1 aromatic carbocycles. The lowest BCUT2D eigenvalue weighted by molar-refractivity contribution is -0.136. The Morgan fingerprint density at radius 1 is 1.20 bits per heavy atom. The predicted octanol–water partition coefficient (Wildman–Crippen LogP) is 3.62. The van der Waals surface area contributed by atoms with E-state index in [0.717, 1.165) is 18.4 Å². The van der Waals surface area contributed by atoms with Crippen LogP contribution in [0.2, 0.25) is 0 Å². The number of methoxy groups -OCH3 is 1. The number of hydrogen-bond donors (Lipinski definition) is 1. The number of carbonyl (C=O) groups is 3. The number of amides is 2. The van der Waals surface area contributed by atoms with Crippen LogP contribution in [0.3, 0.4) is 0 Å². The molecule has 1 aromatic rings. The van der Waals surface area contributed by atoms with Gasteiger partial charge in [-0.25, -0.2) is 14.4 Å². The lowest BCUT2D eigenvalue weighted by Crippen LogP contribution is -2.43. The van der Waals surface area contributed by atoms with E-state index in [4.69, 9.17) is 14.2 Å². The molecule has 0 unspecified atom stereocenters. The Morgan fingerprint density at radius 3 is 2.53 bits per heavy atom. The molecule has 1 N–H and O–H groups in total. The third-order valence-electron chi connectivity index (χ3n) is 4.37. The van der Waals surface area contributed by atoms with E-state index < -0.39 is 23.8 Å². The summed E-state index contributed by atoms with van der Waals surface area (Å²) in [5, 5.41) is 2.46. The van der Waals surface area contributed by atoms with Gasteiger partial charge in [0.2, 0.25) is 0 Å². The second-order valence-corrected chi connectivity index (χ2v) is 8.09. The first kappa shape index (κ1) is 23.3. The summed E-state index contributed by atoms with van der Waals surface area (Å²) in [4.78, 5) is 38.2. The first-order valence-corrected chi connectivity index (χ1v) is 9.93. The van der Waals surface area contributed by atoms with Crippen LogP contribution in [0.1, 0.15) is 39.2 Å². The maximum atomic E-state index is 12.3. The van der Waals surface area contributed by atoms with Crippen molar-refractivity contribution in [2.24, 2.45) is 5.92 Å². The molecule has 1 atom stereocenters. The smallest absolute Gasteiger partial charge is 0.412 e. The van der Waals surface area contributed by atoms with Gasteiger partial charge in [-0.05, 0) is 51.2 Å². The molecule has 0 saturated carbocycles. The zero-order chi connectivity index (χ0) is 22.1. The summed E-state index contributed by atoms with van der Waals surface area (Å²) in [5.41, 5.74) is 0.240. The van der Waals surface area contributed by atoms with Crippen molar-refractivity contribution in [3.8, 4) is 0 Å². The van der Waals surface area contributed by atoms with Crippen LogP contribution in [0.4, 0.5) is 9.59 Å². The minimum absolute atomic E-state index is 0.00778. The Morgan fingerprint density at radius 2 is 1.90 bits per heavy atom. The summed E-state index contributed by atoms with van der Waals surface area (Å²) in [7, 11) is 1.24. The number of hydrogen-bond acceptors (Lipinski definition) is 6. The fourth-order valence-electron chi connectivity index (χ4n) is 3.01. The van der Waals surface area contributed by atoms with E-state index in [1.54, 1.807) is 11.0 Å². The van der Waals surface area contributed by atoms with E-state index in [1.165, 1.54) is 7.11 Å². The van der Waals surface area contributed by atoms with Gasteiger partial charge in [0.15, 0.2) is 0 Å². The minimum Gasteiger partial charge on any atom is -0.464 e. The molecule has 0 aromatic heterocycles. The van der Waals surface area contributed by atoms with Gasteiger partial charge in [-0.1, -0.05) is 30.3 Å². The molecule has 2 rings (SSSR count). The molecular formula is C22H30N2O6. The Labute approximate surface area is 177 Å². The second kappa shape index (κ2) is 10.7. The molecule has 1 heterocycles. The van der Waals surface area contributed by atoms with Crippen LogP contribution in [-0.2, 0) is 25.6 Å². The van der Waals surface area contributed by atoms with Crippen LogP contribution in [0, 0.1) is 5.92 Å². The quantitative estimate of drug-likeness (QED) is 0.446. The molecule has 1 aliphatic rings. The number of piperidine rings is 1. The van der Waals surface area contributed by atoms with Crippen molar-refractivity contribution in [3.05, 3.63) is 47.7 Å². The fraction of sp³-hybridized carbons (Fsp3) is 0.500. The van der Waals surface area contributed by atoms with Gasteiger partial charge in [0.25, 0.3) is 0 Å². The number of benzene rings is 1. The van der Waals surface area contributed by atoms with Crippen molar-refractivity contribution in [2.45, 2.75) is 45.8 Å². The minimum atomic E-state index is -0.754. The molecule has 30 heavy (non-hydrogen) atoms. The number of nitrogens with zero attached hydrogens (tertiary/aromatic N) is 1. The van der Waals surface area contributed by atoms with Crippen LogP contribution in [0.15, 0.2) is 42.1 Å². The van der Waals surface area contributed by atoms with Crippen LogP contribution in [0.25, 0.3) is 0 Å². The number of alkyl carbamates (subject to hydrolysis) is 1. The average molecular weight is 418 g/mol. The van der Waals surface area contributed by atoms with Crippen LogP contribution in [0.5, 0.6) is 0 Å². The van der Waals surface area contributed by atoms with Crippen molar-refractivity contribution < 1.29 is 28.6 Å². The van der Waals surface area contributed by atoms with E-state index in [2.05, 4.69) is 5.32 Å². The Balaban J connectivity index is 2.00. The van der Waals surface area contributed by atoms with Gasteiger partial charge >= 0.3 is 18.2 Å². The van der Waals surface area contributed by atoms with Crippen molar-refractivity contribution in [3.63, 3.8) is 0 Å². The van der Waals surface area contributed by atoms with Gasteiger partial charge in [0.1, 0.15) is 17.9 Å². The van der Waals surface area contributed by atoms with E-state index in [0.29, 0.717) is 13.1 Å². The van der Waals surface area contributed by atoms with Crippen LogP contribution < -0.4 is 5.32 Å². The van der Waals surface area contributed by atoms with Gasteiger partial charge in [-0.15, -0.1) is 0 Å². The third-order valence-corrected chi connectivity index (χ3v) is 4.37. The second-order valence-electron chi connectivity index (χ2n) is 8.09. The number of likely N-dealkylation sites (tertiary alicyclic amines) is 1. The SMILES string of the molecule is COC(=O)/C(=C/[C@H]1CCCN(C(=O)OC(C)(C)C)C1)NC(=O)OCc1ccccc1. The van der Waals surface area contributed by atoms with Gasteiger partial charge in [-0.2, -0.15) is 0 Å². The van der Waals surface area contributed by atoms with Crippen molar-refractivity contribution in [1.82, 2.24) is 10.2 Å². The monoisotopic (exact) mass is 418 g/mol. The summed E-state index contributed by atoms with van der Waals surface area (Å²) in [6.45, 7) is 6.48. The highest BCUT2D eigenvalue weighted by atomic mass is 16.6. The standard InChI is InChI=1S/C22H30N2O6/c1-22(2,3)30-21(27)24-12-8-11-17(14-24)13-18(19(25)28-4)23-20(26)29-15-16-9-6-5-7-10-16/h5-7,9-10,13,17H,8,11-12,14-15H2,1-4H3,(H,23,26)/b18-13-/t17-/m1/s1. The van der Waals surface area contributed by atoms with Crippen LogP contribution >= 0.6 is 0 Å². The zero-order valence-electron chi connectivity index (χ0n) is 18.0. The zero-order valence-corrected chi connectivity index (χ0v) is 18.0. The largest absolute Gasteiger partial charge is 0.464 e. The average Bonchev–Trinajstić information content (AvgIpc) is 2.71. The van der Waals surface area contributed by atoms with E-state index in [9.17, 15) is 14.4 Å². The first-order chi connectivity index (χ1) is 14.2. The molecule has 164 valence electrons. The molecule has 0 bridgehead atoms. The molecule has 1 fully saturated rings. The van der Waals surface area contributed by atoms with E-state index in [1.807, 2.05) is 51.1 Å². The summed E-state index contributed by atoms with van der Waals surface area (Å²) in [5.74, 6) is -0.809. The summed E-state index contributed by atoms with van der Waals surface area (Å²) >= 11 is 0. The lowest BCUT2D eigenvalue weighted by Gasteiger charge is -2.33. The molecule has 0 radical (unpaired) electrons. The number of nitrogens with one attached hydrogen (secondary N) is 1. The number of ether oxygens (including phenoxy) is 3. The highest BCUT2D eigenvalue weighted by molar-refractivity contribution is 5.92. The molecule has 1 saturated heterocycles. The predicted molar refractivity (Wildman–Crippen MR) is 110 cm³/mol. The molecule has 0 aliphatic carbocycles. The van der Waals surface area contributed by atoms with E-state index >= 15 is 0 Å². The first-order valence-electron chi connectivity index (χ1n) is 9.93.